The van der Waals surface area contributed by atoms with E-state index in [1.54, 1.807) is 0 Å². The molecule has 0 aromatic rings. The molecule has 5 heteroatoms. The number of carboxylic acid groups (broad SMARTS) is 1. The fourth-order valence-corrected chi connectivity index (χ4v) is 0.507. The summed E-state index contributed by atoms with van der Waals surface area (Å²) in [5.41, 5.74) is 0. The molecule has 0 atom stereocenters. The first-order valence-electron chi connectivity index (χ1n) is 2.98. The van der Waals surface area contributed by atoms with E-state index in [-0.39, 0.29) is 0 Å². The smallest absolute Gasteiger partial charge is 0.310 e. The van der Waals surface area contributed by atoms with Crippen LogP contribution in [0.5, 0.6) is 0 Å². The first kappa shape index (κ1) is 10.0. The lowest BCUT2D eigenvalue weighted by atomic mass is 10.1. The lowest BCUT2D eigenvalue weighted by Gasteiger charge is -2.03. The lowest BCUT2D eigenvalue weighted by Crippen LogP contribution is -2.21. The van der Waals surface area contributed by atoms with Crippen LogP contribution in [0.2, 0.25) is 0 Å². The van der Waals surface area contributed by atoms with Crippen LogP contribution in [0.3, 0.4) is 0 Å². The molecule has 0 fully saturated rings. The number of halogens is 2. The van der Waals surface area contributed by atoms with E-state index in [1.807, 2.05) is 0 Å². The summed E-state index contributed by atoms with van der Waals surface area (Å²) in [7, 11) is 0. The summed E-state index contributed by atoms with van der Waals surface area (Å²) in [5, 5.41) is 8.06. The summed E-state index contributed by atoms with van der Waals surface area (Å²) in [5.74, 6) is -3.66. The Morgan fingerprint density at radius 1 is 1.27 bits per heavy atom. The monoisotopic (exact) mass is 166 g/mol. The van der Waals surface area contributed by atoms with Gasteiger partial charge in [-0.3, -0.25) is 18.4 Å². The Morgan fingerprint density at radius 2 is 1.73 bits per heavy atom. The molecule has 0 heterocycles. The van der Waals surface area contributed by atoms with Crippen molar-refractivity contribution in [3.8, 4) is 0 Å². The molecule has 0 rings (SSSR count). The van der Waals surface area contributed by atoms with Gasteiger partial charge in [0.05, 0.1) is 5.92 Å². The average molecular weight is 166 g/mol. The van der Waals surface area contributed by atoms with Crippen LogP contribution in [0, 0.1) is 5.92 Å². The van der Waals surface area contributed by atoms with E-state index in [1.165, 1.54) is 0 Å². The Kier molecular flexibility index (Phi) is 4.33. The van der Waals surface area contributed by atoms with Crippen LogP contribution in [0.4, 0.5) is 8.78 Å². The van der Waals surface area contributed by atoms with Gasteiger partial charge in [0.25, 0.3) is 0 Å². The molecule has 0 spiro atoms. The minimum Gasteiger partial charge on any atom is -0.481 e. The topological polar surface area (TPSA) is 54.4 Å². The highest BCUT2D eigenvalue weighted by Gasteiger charge is 2.20. The fraction of sp³-hybridized carbons (Fsp3) is 0.667. The zero-order valence-electron chi connectivity index (χ0n) is 5.72. The van der Waals surface area contributed by atoms with Gasteiger partial charge in [0.1, 0.15) is 19.8 Å². The van der Waals surface area contributed by atoms with Gasteiger partial charge >= 0.3 is 5.97 Å². The summed E-state index contributed by atoms with van der Waals surface area (Å²) in [6, 6.07) is 0. The molecule has 3 nitrogen and oxygen atoms in total. The van der Waals surface area contributed by atoms with Crippen molar-refractivity contribution >= 4 is 11.8 Å². The SMILES string of the molecule is O=C(O)CC(=O)C(CF)CF. The zero-order valence-corrected chi connectivity index (χ0v) is 5.72. The van der Waals surface area contributed by atoms with E-state index < -0.39 is 37.4 Å². The quantitative estimate of drug-likeness (QED) is 0.608. The molecule has 0 amide bonds. The Balaban J connectivity index is 3.89. The molecule has 0 radical (unpaired) electrons. The number of ketones is 1. The number of hydrogen-bond acceptors (Lipinski definition) is 2. The normalized spacial score (nSPS) is 10.1. The molecule has 1 N–H and O–H groups in total. The maximum atomic E-state index is 11.7. The number of rotatable bonds is 5. The highest BCUT2D eigenvalue weighted by molar-refractivity contribution is 5.96. The highest BCUT2D eigenvalue weighted by atomic mass is 19.1. The van der Waals surface area contributed by atoms with Crippen molar-refractivity contribution in [2.75, 3.05) is 13.3 Å². The summed E-state index contributed by atoms with van der Waals surface area (Å²) in [4.78, 5) is 20.4. The van der Waals surface area contributed by atoms with Crippen LogP contribution >= 0.6 is 0 Å². The van der Waals surface area contributed by atoms with Crippen LogP contribution in [-0.2, 0) is 9.59 Å². The second kappa shape index (κ2) is 4.76. The second-order valence-corrected chi connectivity index (χ2v) is 2.04. The number of carbonyl (C=O) groups is 2. The van der Waals surface area contributed by atoms with E-state index >= 15 is 0 Å². The maximum Gasteiger partial charge on any atom is 0.310 e. The Bertz CT molecular complexity index is 154. The van der Waals surface area contributed by atoms with Gasteiger partial charge in [-0.1, -0.05) is 0 Å². The number of alkyl halides is 2. The molecule has 0 bridgehead atoms. The first-order valence-corrected chi connectivity index (χ1v) is 2.98. The van der Waals surface area contributed by atoms with E-state index in [9.17, 15) is 18.4 Å². The summed E-state index contributed by atoms with van der Waals surface area (Å²) >= 11 is 0. The van der Waals surface area contributed by atoms with Crippen molar-refractivity contribution in [3.05, 3.63) is 0 Å². The number of carboxylic acids is 1. The third-order valence-corrected chi connectivity index (χ3v) is 1.15. The van der Waals surface area contributed by atoms with E-state index in [0.717, 1.165) is 0 Å². The average Bonchev–Trinajstić information content (AvgIpc) is 1.88. The van der Waals surface area contributed by atoms with Crippen LogP contribution in [0.15, 0.2) is 0 Å². The van der Waals surface area contributed by atoms with Crippen molar-refractivity contribution in [2.24, 2.45) is 5.92 Å². The van der Waals surface area contributed by atoms with E-state index in [4.69, 9.17) is 5.11 Å². The number of carbonyl (C=O) groups excluding carboxylic acids is 1. The minimum atomic E-state index is -1.40. The minimum absolute atomic E-state index is 0.807. The van der Waals surface area contributed by atoms with Crippen molar-refractivity contribution in [1.29, 1.82) is 0 Å². The third kappa shape index (κ3) is 3.64. The fourth-order valence-electron chi connectivity index (χ4n) is 0.507. The molecule has 11 heavy (non-hydrogen) atoms. The van der Waals surface area contributed by atoms with Crippen LogP contribution in [0.1, 0.15) is 6.42 Å². The van der Waals surface area contributed by atoms with Gasteiger partial charge in [0, 0.05) is 0 Å². The Morgan fingerprint density at radius 3 is 2.00 bits per heavy atom. The molecule has 0 aliphatic carbocycles. The van der Waals surface area contributed by atoms with Crippen LogP contribution in [-0.4, -0.2) is 30.2 Å². The van der Waals surface area contributed by atoms with Gasteiger partial charge < -0.3 is 5.11 Å². The van der Waals surface area contributed by atoms with E-state index in [0.29, 0.717) is 0 Å². The maximum absolute atomic E-state index is 11.7. The molecule has 0 aliphatic heterocycles. The van der Waals surface area contributed by atoms with Crippen molar-refractivity contribution < 1.29 is 23.5 Å². The summed E-state index contributed by atoms with van der Waals surface area (Å²) in [6.45, 7) is -2.27. The third-order valence-electron chi connectivity index (χ3n) is 1.15. The standard InChI is InChI=1S/C6H8F2O3/c7-2-4(3-8)5(9)1-6(10)11/h4H,1-3H2,(H,10,11). The summed E-state index contributed by atoms with van der Waals surface area (Å²) < 4.78 is 23.4. The van der Waals surface area contributed by atoms with Gasteiger partial charge in [-0.15, -0.1) is 0 Å². The second-order valence-electron chi connectivity index (χ2n) is 2.04. The highest BCUT2D eigenvalue weighted by Crippen LogP contribution is 2.03. The molecular formula is C6H8F2O3. The number of hydrogen-bond donors (Lipinski definition) is 1. The van der Waals surface area contributed by atoms with Crippen molar-refractivity contribution in [1.82, 2.24) is 0 Å². The predicted molar refractivity (Wildman–Crippen MR) is 32.7 cm³/mol. The lowest BCUT2D eigenvalue weighted by molar-refractivity contribution is -0.141. The predicted octanol–water partition coefficient (Wildman–Crippen LogP) is 0.585. The van der Waals surface area contributed by atoms with Gasteiger partial charge in [-0.05, 0) is 0 Å². The zero-order chi connectivity index (χ0) is 8.85. The van der Waals surface area contributed by atoms with Gasteiger partial charge in [0.15, 0.2) is 5.78 Å². The van der Waals surface area contributed by atoms with Gasteiger partial charge in [-0.2, -0.15) is 0 Å². The molecule has 0 aliphatic rings. The molecule has 0 saturated carbocycles. The largest absolute Gasteiger partial charge is 0.481 e. The molecule has 64 valence electrons. The number of aliphatic carboxylic acids is 1. The Hall–Kier alpha value is -1.00. The molecule has 0 saturated heterocycles. The van der Waals surface area contributed by atoms with Gasteiger partial charge in [0.2, 0.25) is 0 Å². The van der Waals surface area contributed by atoms with Crippen molar-refractivity contribution in [3.63, 3.8) is 0 Å². The van der Waals surface area contributed by atoms with Crippen LogP contribution in [0.25, 0.3) is 0 Å². The van der Waals surface area contributed by atoms with Gasteiger partial charge in [-0.25, -0.2) is 0 Å². The molecular weight excluding hydrogens is 158 g/mol. The summed E-state index contributed by atoms with van der Waals surface area (Å²) in [6.07, 6.45) is -0.807. The van der Waals surface area contributed by atoms with Crippen molar-refractivity contribution in [2.45, 2.75) is 6.42 Å². The van der Waals surface area contributed by atoms with E-state index in [2.05, 4.69) is 0 Å². The molecule has 0 unspecified atom stereocenters. The van der Waals surface area contributed by atoms with Crippen LogP contribution < -0.4 is 0 Å². The molecule has 0 aromatic heterocycles. The number of Topliss-reactive ketones (excluding diaryl/α,β-unsaturated/α-hetero) is 1. The molecule has 0 aromatic carbocycles. The first-order chi connectivity index (χ1) is 5.11. The Labute approximate surface area is 62.0 Å².